The summed E-state index contributed by atoms with van der Waals surface area (Å²) in [6.07, 6.45) is 10.1. The Hall–Kier alpha value is -0.300. The Labute approximate surface area is 70.1 Å². The maximum absolute atomic E-state index is 9.12. The predicted molar refractivity (Wildman–Crippen MR) is 49.3 cm³/mol. The second kappa shape index (κ2) is 7.80. The fourth-order valence-electron chi connectivity index (χ4n) is 0.808. The molecule has 0 fully saturated rings. The molecule has 11 heavy (non-hydrogen) atoms. The van der Waals surface area contributed by atoms with E-state index in [1.807, 2.05) is 13.0 Å². The van der Waals surface area contributed by atoms with E-state index < -0.39 is 0 Å². The van der Waals surface area contributed by atoms with Crippen molar-refractivity contribution in [3.8, 4) is 0 Å². The number of hydrogen-bond donors (Lipinski definition) is 1. The maximum atomic E-state index is 9.12. The normalized spacial score (nSPS) is 14.1. The molecule has 0 saturated carbocycles. The van der Waals surface area contributed by atoms with Gasteiger partial charge in [0.1, 0.15) is 0 Å². The van der Waals surface area contributed by atoms with E-state index in [2.05, 4.69) is 19.4 Å². The van der Waals surface area contributed by atoms with E-state index in [0.717, 1.165) is 25.7 Å². The summed E-state index contributed by atoms with van der Waals surface area (Å²) in [7, 11) is 0. The first-order valence-corrected chi connectivity index (χ1v) is 4.47. The summed E-state index contributed by atoms with van der Waals surface area (Å²) in [4.78, 5) is 0. The van der Waals surface area contributed by atoms with E-state index in [9.17, 15) is 0 Å². The Bertz CT molecular complexity index is 97.0. The second-order valence-electron chi connectivity index (χ2n) is 2.68. The fraction of sp³-hybridized carbons (Fsp3) is 0.700. The summed E-state index contributed by atoms with van der Waals surface area (Å²) in [5.74, 6) is 0. The SMILES string of the molecule is CC[CH]CC/C=C/C(O)CC. The summed E-state index contributed by atoms with van der Waals surface area (Å²) in [6, 6.07) is 0. The van der Waals surface area contributed by atoms with E-state index in [0.29, 0.717) is 0 Å². The first-order chi connectivity index (χ1) is 5.31. The van der Waals surface area contributed by atoms with Gasteiger partial charge in [-0.25, -0.2) is 0 Å². The molecule has 0 spiro atoms. The number of allylic oxidation sites excluding steroid dienone is 1. The van der Waals surface area contributed by atoms with Gasteiger partial charge in [-0.2, -0.15) is 0 Å². The Morgan fingerprint density at radius 3 is 2.55 bits per heavy atom. The molecule has 0 aliphatic rings. The molecule has 1 heteroatoms. The lowest BCUT2D eigenvalue weighted by atomic mass is 10.2. The highest BCUT2D eigenvalue weighted by Gasteiger charge is 1.90. The van der Waals surface area contributed by atoms with Crippen molar-refractivity contribution in [3.63, 3.8) is 0 Å². The van der Waals surface area contributed by atoms with E-state index in [-0.39, 0.29) is 6.10 Å². The van der Waals surface area contributed by atoms with Crippen molar-refractivity contribution in [3.05, 3.63) is 18.6 Å². The van der Waals surface area contributed by atoms with Gasteiger partial charge in [-0.1, -0.05) is 32.4 Å². The average Bonchev–Trinajstić information content (AvgIpc) is 2.04. The minimum Gasteiger partial charge on any atom is -0.389 e. The van der Waals surface area contributed by atoms with Crippen molar-refractivity contribution < 1.29 is 5.11 Å². The van der Waals surface area contributed by atoms with Crippen molar-refractivity contribution in [2.75, 3.05) is 0 Å². The van der Waals surface area contributed by atoms with Gasteiger partial charge in [-0.3, -0.25) is 0 Å². The molecule has 0 aromatic rings. The van der Waals surface area contributed by atoms with Crippen LogP contribution in [0.3, 0.4) is 0 Å². The number of unbranched alkanes of at least 4 members (excludes halogenated alkanes) is 3. The zero-order valence-electron chi connectivity index (χ0n) is 7.59. The minimum atomic E-state index is -0.239. The fourth-order valence-corrected chi connectivity index (χ4v) is 0.808. The van der Waals surface area contributed by atoms with Crippen molar-refractivity contribution >= 4 is 0 Å². The van der Waals surface area contributed by atoms with Crippen LogP contribution in [0.25, 0.3) is 0 Å². The summed E-state index contributed by atoms with van der Waals surface area (Å²) in [6.45, 7) is 4.12. The first-order valence-electron chi connectivity index (χ1n) is 4.47. The highest BCUT2D eigenvalue weighted by molar-refractivity contribution is 4.88. The monoisotopic (exact) mass is 155 g/mol. The van der Waals surface area contributed by atoms with Gasteiger partial charge in [0.05, 0.1) is 6.10 Å². The molecule has 0 aliphatic carbocycles. The third-order valence-corrected chi connectivity index (χ3v) is 1.60. The van der Waals surface area contributed by atoms with Crippen LogP contribution in [0.1, 0.15) is 39.5 Å². The molecule has 65 valence electrons. The molecule has 1 radical (unpaired) electrons. The van der Waals surface area contributed by atoms with Gasteiger partial charge >= 0.3 is 0 Å². The molecule has 0 aromatic heterocycles. The molecule has 0 saturated heterocycles. The largest absolute Gasteiger partial charge is 0.389 e. The molecule has 1 atom stereocenters. The highest BCUT2D eigenvalue weighted by atomic mass is 16.3. The molecule has 0 amide bonds. The molecular formula is C10H19O. The zero-order chi connectivity index (χ0) is 8.53. The number of aliphatic hydroxyl groups excluding tert-OH is 1. The van der Waals surface area contributed by atoms with Crippen LogP contribution >= 0.6 is 0 Å². The maximum Gasteiger partial charge on any atom is 0.0718 e. The number of hydrogen-bond acceptors (Lipinski definition) is 1. The molecule has 0 bridgehead atoms. The summed E-state index contributed by atoms with van der Waals surface area (Å²) < 4.78 is 0. The van der Waals surface area contributed by atoms with E-state index >= 15 is 0 Å². The third-order valence-electron chi connectivity index (χ3n) is 1.60. The van der Waals surface area contributed by atoms with Gasteiger partial charge in [-0.05, 0) is 25.7 Å². The third kappa shape index (κ3) is 7.60. The van der Waals surface area contributed by atoms with Crippen LogP contribution in [0.5, 0.6) is 0 Å². The quantitative estimate of drug-likeness (QED) is 0.462. The topological polar surface area (TPSA) is 20.2 Å². The summed E-state index contributed by atoms with van der Waals surface area (Å²) in [5.41, 5.74) is 0. The second-order valence-corrected chi connectivity index (χ2v) is 2.68. The van der Waals surface area contributed by atoms with E-state index in [4.69, 9.17) is 5.11 Å². The van der Waals surface area contributed by atoms with Gasteiger partial charge < -0.3 is 5.11 Å². The predicted octanol–water partition coefficient (Wildman–Crippen LogP) is 2.71. The van der Waals surface area contributed by atoms with Gasteiger partial charge in [0.25, 0.3) is 0 Å². The Morgan fingerprint density at radius 2 is 2.00 bits per heavy atom. The molecule has 1 unspecified atom stereocenters. The van der Waals surface area contributed by atoms with Crippen LogP contribution in [0.15, 0.2) is 12.2 Å². The molecule has 0 aliphatic heterocycles. The molecule has 0 aromatic carbocycles. The lowest BCUT2D eigenvalue weighted by molar-refractivity contribution is 0.219. The highest BCUT2D eigenvalue weighted by Crippen LogP contribution is 2.00. The van der Waals surface area contributed by atoms with Gasteiger partial charge in [0.15, 0.2) is 0 Å². The van der Waals surface area contributed by atoms with Crippen LogP contribution < -0.4 is 0 Å². The lowest BCUT2D eigenvalue weighted by Gasteiger charge is -1.98. The lowest BCUT2D eigenvalue weighted by Crippen LogP contribution is -1.97. The van der Waals surface area contributed by atoms with Gasteiger partial charge in [-0.15, -0.1) is 0 Å². The smallest absolute Gasteiger partial charge is 0.0718 e. The molecule has 0 rings (SSSR count). The van der Waals surface area contributed by atoms with Crippen LogP contribution in [-0.4, -0.2) is 11.2 Å². The minimum absolute atomic E-state index is 0.239. The molecule has 0 heterocycles. The van der Waals surface area contributed by atoms with Gasteiger partial charge in [0, 0.05) is 0 Å². The first kappa shape index (κ1) is 10.7. The van der Waals surface area contributed by atoms with Crippen molar-refractivity contribution in [2.45, 2.75) is 45.6 Å². The van der Waals surface area contributed by atoms with E-state index in [1.54, 1.807) is 0 Å². The van der Waals surface area contributed by atoms with Crippen LogP contribution in [0.2, 0.25) is 0 Å². The van der Waals surface area contributed by atoms with Gasteiger partial charge in [0.2, 0.25) is 0 Å². The van der Waals surface area contributed by atoms with Crippen LogP contribution in [0, 0.1) is 6.42 Å². The number of aliphatic hydroxyl groups is 1. The van der Waals surface area contributed by atoms with Crippen LogP contribution in [0.4, 0.5) is 0 Å². The Morgan fingerprint density at radius 1 is 1.27 bits per heavy atom. The van der Waals surface area contributed by atoms with Crippen molar-refractivity contribution in [2.24, 2.45) is 0 Å². The van der Waals surface area contributed by atoms with Crippen LogP contribution in [-0.2, 0) is 0 Å². The average molecular weight is 155 g/mol. The summed E-state index contributed by atoms with van der Waals surface area (Å²) in [5, 5.41) is 9.12. The number of rotatable bonds is 6. The summed E-state index contributed by atoms with van der Waals surface area (Å²) >= 11 is 0. The van der Waals surface area contributed by atoms with E-state index in [1.165, 1.54) is 0 Å². The standard InChI is InChI=1S/C10H19O/c1-3-5-6-7-8-9-10(11)4-2/h5,8-11H,3-4,6-7H2,1-2H3/b9-8+. The molecule has 1 N–H and O–H groups in total. The van der Waals surface area contributed by atoms with Crippen molar-refractivity contribution in [1.29, 1.82) is 0 Å². The molecular weight excluding hydrogens is 136 g/mol. The Kier molecular flexibility index (Phi) is 7.59. The zero-order valence-corrected chi connectivity index (χ0v) is 7.59. The molecule has 1 nitrogen and oxygen atoms in total. The Balaban J connectivity index is 3.15. The van der Waals surface area contributed by atoms with Crippen molar-refractivity contribution in [1.82, 2.24) is 0 Å².